The Balaban J connectivity index is 2.26. The minimum atomic E-state index is 0.236. The highest BCUT2D eigenvalue weighted by Gasteiger charge is 2.09. The molecule has 0 saturated heterocycles. The number of nitriles is 1. The number of hydrogen-bond donors (Lipinski definition) is 0. The van der Waals surface area contributed by atoms with Gasteiger partial charge in [0.15, 0.2) is 0 Å². The SMILES string of the molecule is CCc1ccc(Oc2nccc(C#N)c2Cl)cc1. The second-order valence-electron chi connectivity index (χ2n) is 3.69. The lowest BCUT2D eigenvalue weighted by molar-refractivity contribution is 0.463. The van der Waals surface area contributed by atoms with Crippen LogP contribution in [0.3, 0.4) is 0 Å². The second-order valence-corrected chi connectivity index (χ2v) is 4.07. The topological polar surface area (TPSA) is 45.9 Å². The van der Waals surface area contributed by atoms with Crippen LogP contribution in [0, 0.1) is 11.3 Å². The maximum absolute atomic E-state index is 8.86. The molecule has 0 atom stereocenters. The summed E-state index contributed by atoms with van der Waals surface area (Å²) in [6.45, 7) is 2.09. The molecule has 0 fully saturated rings. The van der Waals surface area contributed by atoms with Crippen LogP contribution in [0.5, 0.6) is 11.6 Å². The molecule has 0 unspecified atom stereocenters. The van der Waals surface area contributed by atoms with Crippen molar-refractivity contribution >= 4 is 11.6 Å². The number of hydrogen-bond acceptors (Lipinski definition) is 3. The Morgan fingerprint density at radius 3 is 2.61 bits per heavy atom. The maximum atomic E-state index is 8.86. The first kappa shape index (κ1) is 12.4. The number of ether oxygens (including phenoxy) is 1. The van der Waals surface area contributed by atoms with Gasteiger partial charge in [-0.15, -0.1) is 0 Å². The smallest absolute Gasteiger partial charge is 0.239 e. The Morgan fingerprint density at radius 1 is 1.28 bits per heavy atom. The summed E-state index contributed by atoms with van der Waals surface area (Å²) in [5.74, 6) is 0.900. The van der Waals surface area contributed by atoms with E-state index in [4.69, 9.17) is 21.6 Å². The van der Waals surface area contributed by atoms with E-state index in [9.17, 15) is 0 Å². The number of benzene rings is 1. The van der Waals surface area contributed by atoms with E-state index in [1.807, 2.05) is 30.3 Å². The lowest BCUT2D eigenvalue weighted by Crippen LogP contribution is -1.91. The molecule has 1 aromatic heterocycles. The van der Waals surface area contributed by atoms with Crippen molar-refractivity contribution in [3.8, 4) is 17.7 Å². The lowest BCUT2D eigenvalue weighted by Gasteiger charge is -2.07. The van der Waals surface area contributed by atoms with Crippen LogP contribution in [0.4, 0.5) is 0 Å². The molecule has 0 aliphatic heterocycles. The highest BCUT2D eigenvalue weighted by Crippen LogP contribution is 2.29. The van der Waals surface area contributed by atoms with Gasteiger partial charge in [0.1, 0.15) is 16.8 Å². The normalized spacial score (nSPS) is 9.83. The molecule has 1 aromatic carbocycles. The summed E-state index contributed by atoms with van der Waals surface area (Å²) in [6.07, 6.45) is 2.48. The molecule has 0 aliphatic rings. The van der Waals surface area contributed by atoms with Crippen LogP contribution in [0.1, 0.15) is 18.1 Å². The van der Waals surface area contributed by atoms with Crippen LogP contribution in [-0.2, 0) is 6.42 Å². The van der Waals surface area contributed by atoms with Crippen molar-refractivity contribution in [1.82, 2.24) is 4.98 Å². The van der Waals surface area contributed by atoms with E-state index >= 15 is 0 Å². The number of rotatable bonds is 3. The minimum Gasteiger partial charge on any atom is -0.437 e. The molecule has 0 saturated carbocycles. The van der Waals surface area contributed by atoms with Gasteiger partial charge in [-0.2, -0.15) is 5.26 Å². The van der Waals surface area contributed by atoms with Crippen molar-refractivity contribution in [2.75, 3.05) is 0 Å². The molecule has 4 heteroatoms. The molecule has 0 bridgehead atoms. The van der Waals surface area contributed by atoms with Gasteiger partial charge in [-0.3, -0.25) is 0 Å². The Kier molecular flexibility index (Phi) is 3.81. The van der Waals surface area contributed by atoms with Crippen molar-refractivity contribution in [1.29, 1.82) is 5.26 Å². The van der Waals surface area contributed by atoms with Crippen LogP contribution in [0.2, 0.25) is 5.02 Å². The Bertz CT molecular complexity index is 588. The standard InChI is InChI=1S/C14H11ClN2O/c1-2-10-3-5-12(6-4-10)18-14-13(15)11(9-16)7-8-17-14/h3-8H,2H2,1H3. The van der Waals surface area contributed by atoms with E-state index in [0.29, 0.717) is 11.3 Å². The molecule has 0 spiro atoms. The first-order valence-corrected chi connectivity index (χ1v) is 5.93. The molecule has 0 N–H and O–H groups in total. The van der Waals surface area contributed by atoms with Crippen molar-refractivity contribution < 1.29 is 4.74 Å². The molecule has 90 valence electrons. The predicted molar refractivity (Wildman–Crippen MR) is 69.9 cm³/mol. The van der Waals surface area contributed by atoms with Crippen LogP contribution in [0.15, 0.2) is 36.5 Å². The molecule has 0 radical (unpaired) electrons. The molecule has 1 heterocycles. The zero-order valence-electron chi connectivity index (χ0n) is 9.85. The van der Waals surface area contributed by atoms with E-state index < -0.39 is 0 Å². The summed E-state index contributed by atoms with van der Waals surface area (Å²) >= 11 is 6.01. The summed E-state index contributed by atoms with van der Waals surface area (Å²) < 4.78 is 5.56. The average Bonchev–Trinajstić information content (AvgIpc) is 2.42. The maximum Gasteiger partial charge on any atom is 0.239 e. The quantitative estimate of drug-likeness (QED) is 0.837. The summed E-state index contributed by atoms with van der Waals surface area (Å²) in [5.41, 5.74) is 1.58. The monoisotopic (exact) mass is 258 g/mol. The first-order valence-electron chi connectivity index (χ1n) is 5.56. The molecular weight excluding hydrogens is 248 g/mol. The fourth-order valence-electron chi connectivity index (χ4n) is 1.49. The highest BCUT2D eigenvalue weighted by atomic mass is 35.5. The fourth-order valence-corrected chi connectivity index (χ4v) is 1.68. The number of aryl methyl sites for hydroxylation is 1. The number of nitrogens with zero attached hydrogens (tertiary/aromatic N) is 2. The second kappa shape index (κ2) is 5.52. The lowest BCUT2D eigenvalue weighted by atomic mass is 10.2. The third-order valence-electron chi connectivity index (χ3n) is 2.52. The summed E-state index contributed by atoms with van der Waals surface area (Å²) in [4.78, 5) is 4.02. The Hall–Kier alpha value is -2.05. The third-order valence-corrected chi connectivity index (χ3v) is 2.89. The third kappa shape index (κ3) is 2.61. The van der Waals surface area contributed by atoms with Crippen LogP contribution in [-0.4, -0.2) is 4.98 Å². The highest BCUT2D eigenvalue weighted by molar-refractivity contribution is 6.33. The minimum absolute atomic E-state index is 0.236. The van der Waals surface area contributed by atoms with E-state index in [1.165, 1.54) is 11.8 Å². The summed E-state index contributed by atoms with van der Waals surface area (Å²) in [6, 6.07) is 11.2. The molecule has 18 heavy (non-hydrogen) atoms. The van der Waals surface area contributed by atoms with Crippen LogP contribution >= 0.6 is 11.6 Å². The summed E-state index contributed by atoms with van der Waals surface area (Å²) in [7, 11) is 0. The van der Waals surface area contributed by atoms with Gasteiger partial charge in [-0.25, -0.2) is 4.98 Å². The van der Waals surface area contributed by atoms with Crippen molar-refractivity contribution in [2.24, 2.45) is 0 Å². The number of pyridine rings is 1. The molecule has 2 aromatic rings. The molecular formula is C14H11ClN2O. The summed E-state index contributed by atoms with van der Waals surface area (Å²) in [5, 5.41) is 9.10. The van der Waals surface area contributed by atoms with Crippen molar-refractivity contribution in [2.45, 2.75) is 13.3 Å². The van der Waals surface area contributed by atoms with Gasteiger partial charge in [0, 0.05) is 6.20 Å². The van der Waals surface area contributed by atoms with Gasteiger partial charge in [0.2, 0.25) is 5.88 Å². The average molecular weight is 259 g/mol. The van der Waals surface area contributed by atoms with E-state index in [2.05, 4.69) is 11.9 Å². The van der Waals surface area contributed by atoms with E-state index in [1.54, 1.807) is 6.07 Å². The van der Waals surface area contributed by atoms with Gasteiger partial charge in [-0.05, 0) is 30.2 Å². The first-order chi connectivity index (χ1) is 8.74. The van der Waals surface area contributed by atoms with Gasteiger partial charge in [0.25, 0.3) is 0 Å². The Morgan fingerprint density at radius 2 is 2.00 bits per heavy atom. The molecule has 0 aliphatic carbocycles. The van der Waals surface area contributed by atoms with Gasteiger partial charge in [0.05, 0.1) is 5.56 Å². The van der Waals surface area contributed by atoms with Gasteiger partial charge in [-0.1, -0.05) is 30.7 Å². The zero-order chi connectivity index (χ0) is 13.0. The van der Waals surface area contributed by atoms with Gasteiger partial charge < -0.3 is 4.74 Å². The van der Waals surface area contributed by atoms with Gasteiger partial charge >= 0.3 is 0 Å². The zero-order valence-corrected chi connectivity index (χ0v) is 10.6. The number of halogens is 1. The van der Waals surface area contributed by atoms with E-state index in [-0.39, 0.29) is 10.9 Å². The van der Waals surface area contributed by atoms with Crippen LogP contribution in [0.25, 0.3) is 0 Å². The largest absolute Gasteiger partial charge is 0.437 e. The predicted octanol–water partition coefficient (Wildman–Crippen LogP) is 3.96. The number of aromatic nitrogens is 1. The van der Waals surface area contributed by atoms with Crippen molar-refractivity contribution in [3.05, 3.63) is 52.7 Å². The fraction of sp³-hybridized carbons (Fsp3) is 0.143. The Labute approximate surface area is 111 Å². The molecule has 3 nitrogen and oxygen atoms in total. The van der Waals surface area contributed by atoms with E-state index in [0.717, 1.165) is 6.42 Å². The van der Waals surface area contributed by atoms with Crippen LogP contribution < -0.4 is 4.74 Å². The molecule has 0 amide bonds. The van der Waals surface area contributed by atoms with Crippen molar-refractivity contribution in [3.63, 3.8) is 0 Å². The molecule has 2 rings (SSSR count).